The quantitative estimate of drug-likeness (QED) is 0.612. The topological polar surface area (TPSA) is 40.1 Å². The molecule has 0 radical (unpaired) electrons. The number of carboxylic acid groups (broad SMARTS) is 1. The molecule has 0 fully saturated rings. The maximum atomic E-state index is 8.89. The zero-order chi connectivity index (χ0) is 19.9. The number of hydrogen-bond acceptors (Lipinski definition) is 2. The number of carboxylic acids is 1. The summed E-state index contributed by atoms with van der Waals surface area (Å²) in [6.07, 6.45) is 0. The summed E-state index contributed by atoms with van der Waals surface area (Å²) < 4.78 is 0. The minimum absolute atomic E-state index is 0.0727. The highest BCUT2D eigenvalue weighted by molar-refractivity contribution is 7.97. The van der Waals surface area contributed by atoms with Gasteiger partial charge in [-0.3, -0.25) is 0 Å². The summed E-state index contributed by atoms with van der Waals surface area (Å²) in [5.74, 6) is -1.08. The first-order chi connectivity index (χ1) is 12.8. The summed E-state index contributed by atoms with van der Waals surface area (Å²) in [6.45, 7) is 7.86. The maximum Gasteiger partial charge on any atom is 0.170 e. The van der Waals surface area contributed by atoms with Crippen LogP contribution >= 0.6 is 0 Å². The van der Waals surface area contributed by atoms with Crippen LogP contribution in [0.4, 0.5) is 0 Å². The fraction of sp³-hybridized carbons (Fsp3) is 0.208. The van der Waals surface area contributed by atoms with Gasteiger partial charge in [0.2, 0.25) is 0 Å². The molecule has 140 valence electrons. The molecule has 27 heavy (non-hydrogen) atoms. The third-order valence-electron chi connectivity index (χ3n) is 3.87. The van der Waals surface area contributed by atoms with E-state index in [-0.39, 0.29) is 16.3 Å². The van der Waals surface area contributed by atoms with E-state index in [1.807, 2.05) is 0 Å². The van der Waals surface area contributed by atoms with Crippen LogP contribution in [-0.4, -0.2) is 5.97 Å². The van der Waals surface area contributed by atoms with Gasteiger partial charge in [-0.05, 0) is 42.7 Å². The number of aliphatic carboxylic acids is 1. The van der Waals surface area contributed by atoms with E-state index >= 15 is 0 Å². The van der Waals surface area contributed by atoms with Gasteiger partial charge in [0.15, 0.2) is 14.7 Å². The lowest BCUT2D eigenvalue weighted by molar-refractivity contribution is -0.302. The normalized spacial score (nSPS) is 10.9. The molecule has 0 aliphatic carbocycles. The van der Waals surface area contributed by atoms with Crippen LogP contribution in [0.3, 0.4) is 0 Å². The Morgan fingerprint density at radius 3 is 1.52 bits per heavy atom. The fourth-order valence-corrected chi connectivity index (χ4v) is 5.21. The molecule has 0 heterocycles. The Morgan fingerprint density at radius 2 is 1.11 bits per heavy atom. The van der Waals surface area contributed by atoms with Crippen molar-refractivity contribution in [1.29, 1.82) is 0 Å². The Balaban J connectivity index is 0.000000596. The summed E-state index contributed by atoms with van der Waals surface area (Å²) in [4.78, 5) is 13.1. The number of rotatable bonds is 3. The molecule has 0 unspecified atom stereocenters. The van der Waals surface area contributed by atoms with E-state index in [2.05, 4.69) is 106 Å². The van der Waals surface area contributed by atoms with Crippen molar-refractivity contribution in [2.75, 3.05) is 0 Å². The largest absolute Gasteiger partial charge is 0.550 e. The molecule has 0 saturated carbocycles. The molecule has 2 nitrogen and oxygen atoms in total. The van der Waals surface area contributed by atoms with Crippen LogP contribution in [0.5, 0.6) is 0 Å². The van der Waals surface area contributed by atoms with Gasteiger partial charge in [-0.25, -0.2) is 0 Å². The summed E-state index contributed by atoms with van der Waals surface area (Å²) in [5.41, 5.74) is 1.56. The van der Waals surface area contributed by atoms with Crippen LogP contribution in [0.2, 0.25) is 0 Å². The van der Waals surface area contributed by atoms with E-state index in [1.165, 1.54) is 20.2 Å². The van der Waals surface area contributed by atoms with Gasteiger partial charge in [0.1, 0.15) is 0 Å². The molecule has 0 saturated heterocycles. The molecule has 0 aliphatic heterocycles. The second-order valence-corrected chi connectivity index (χ2v) is 9.17. The molecule has 0 aromatic heterocycles. The smallest absolute Gasteiger partial charge is 0.170 e. The molecule has 0 bridgehead atoms. The highest BCUT2D eigenvalue weighted by Gasteiger charge is 2.33. The zero-order valence-corrected chi connectivity index (χ0v) is 17.1. The SMILES string of the molecule is CC(=O)[O-].CC(C)(C)c1ccccc1[S+](c1ccccc1)c1ccccc1. The Labute approximate surface area is 165 Å². The van der Waals surface area contributed by atoms with Crippen LogP contribution in [0.1, 0.15) is 33.3 Å². The third kappa shape index (κ3) is 6.00. The fourth-order valence-electron chi connectivity index (χ4n) is 2.77. The highest BCUT2D eigenvalue weighted by Crippen LogP contribution is 2.37. The van der Waals surface area contributed by atoms with Crippen LogP contribution in [-0.2, 0) is 21.1 Å². The van der Waals surface area contributed by atoms with E-state index < -0.39 is 5.97 Å². The molecule has 3 heteroatoms. The predicted molar refractivity (Wildman–Crippen MR) is 111 cm³/mol. The summed E-state index contributed by atoms with van der Waals surface area (Å²) in [7, 11) is -0.0727. The molecule has 3 rings (SSSR count). The lowest BCUT2D eigenvalue weighted by Crippen LogP contribution is -2.17. The van der Waals surface area contributed by atoms with Crippen molar-refractivity contribution in [2.24, 2.45) is 0 Å². The van der Waals surface area contributed by atoms with E-state index in [1.54, 1.807) is 0 Å². The van der Waals surface area contributed by atoms with Crippen molar-refractivity contribution in [3.8, 4) is 0 Å². The van der Waals surface area contributed by atoms with Gasteiger partial charge in [-0.1, -0.05) is 75.4 Å². The minimum atomic E-state index is -1.08. The number of hydrogen-bond donors (Lipinski definition) is 0. The van der Waals surface area contributed by atoms with Gasteiger partial charge in [0, 0.05) is 11.5 Å². The molecule has 0 aliphatic rings. The lowest BCUT2D eigenvalue weighted by Gasteiger charge is -2.22. The van der Waals surface area contributed by atoms with Gasteiger partial charge in [0.25, 0.3) is 0 Å². The summed E-state index contributed by atoms with van der Waals surface area (Å²) in [6, 6.07) is 30.6. The average molecular weight is 379 g/mol. The van der Waals surface area contributed by atoms with Crippen molar-refractivity contribution in [3.63, 3.8) is 0 Å². The molecule has 3 aromatic carbocycles. The van der Waals surface area contributed by atoms with Gasteiger partial charge < -0.3 is 9.90 Å². The van der Waals surface area contributed by atoms with Crippen molar-refractivity contribution < 1.29 is 9.90 Å². The van der Waals surface area contributed by atoms with E-state index in [0.29, 0.717) is 0 Å². The second kappa shape index (κ2) is 9.43. The third-order valence-corrected chi connectivity index (χ3v) is 6.16. The van der Waals surface area contributed by atoms with Crippen molar-refractivity contribution in [1.82, 2.24) is 0 Å². The number of carbonyl (C=O) groups excluding carboxylic acids is 1. The second-order valence-electron chi connectivity index (χ2n) is 7.17. The Kier molecular flexibility index (Phi) is 7.26. The number of carbonyl (C=O) groups is 1. The zero-order valence-electron chi connectivity index (χ0n) is 16.3. The van der Waals surface area contributed by atoms with Crippen LogP contribution in [0.25, 0.3) is 0 Å². The molecule has 0 spiro atoms. The Bertz CT molecular complexity index is 809. The Hall–Kier alpha value is -2.52. The van der Waals surface area contributed by atoms with Gasteiger partial charge in [0.05, 0.1) is 10.9 Å². The van der Waals surface area contributed by atoms with Crippen LogP contribution < -0.4 is 5.11 Å². The molecule has 0 atom stereocenters. The monoisotopic (exact) mass is 378 g/mol. The van der Waals surface area contributed by atoms with E-state index in [0.717, 1.165) is 6.92 Å². The van der Waals surface area contributed by atoms with Crippen LogP contribution in [0.15, 0.2) is 99.6 Å². The first-order valence-corrected chi connectivity index (χ1v) is 10.1. The van der Waals surface area contributed by atoms with Crippen LogP contribution in [0, 0.1) is 0 Å². The molecular formula is C24H26O2S. The Morgan fingerprint density at radius 1 is 0.741 bits per heavy atom. The van der Waals surface area contributed by atoms with Gasteiger partial charge in [-0.2, -0.15) is 0 Å². The molecule has 3 aromatic rings. The van der Waals surface area contributed by atoms with E-state index in [9.17, 15) is 0 Å². The first kappa shape index (κ1) is 20.8. The van der Waals surface area contributed by atoms with E-state index in [4.69, 9.17) is 9.90 Å². The summed E-state index contributed by atoms with van der Waals surface area (Å²) >= 11 is 0. The standard InChI is InChI=1S/C22H23S.C2H4O2/c1-22(2,3)20-16-10-11-17-21(20)23(18-12-6-4-7-13-18)19-14-8-5-9-15-19;1-2(3)4/h4-17H,1-3H3;1H3,(H,3,4)/q+1;/p-1. The highest BCUT2D eigenvalue weighted by atomic mass is 32.2. The van der Waals surface area contributed by atoms with Crippen molar-refractivity contribution in [2.45, 2.75) is 47.8 Å². The number of benzene rings is 3. The average Bonchev–Trinajstić information content (AvgIpc) is 2.63. The molecule has 0 N–H and O–H groups in total. The van der Waals surface area contributed by atoms with Crippen molar-refractivity contribution in [3.05, 3.63) is 90.5 Å². The summed E-state index contributed by atoms with van der Waals surface area (Å²) in [5, 5.41) is 8.89. The first-order valence-electron chi connectivity index (χ1n) is 8.92. The lowest BCUT2D eigenvalue weighted by atomic mass is 9.87. The predicted octanol–water partition coefficient (Wildman–Crippen LogP) is 4.84. The minimum Gasteiger partial charge on any atom is -0.550 e. The molecular weight excluding hydrogens is 352 g/mol. The van der Waals surface area contributed by atoms with Crippen molar-refractivity contribution >= 4 is 16.9 Å². The molecule has 0 amide bonds. The van der Waals surface area contributed by atoms with Gasteiger partial charge >= 0.3 is 0 Å². The maximum absolute atomic E-state index is 8.89. The van der Waals surface area contributed by atoms with Gasteiger partial charge in [-0.15, -0.1) is 0 Å².